The Kier molecular flexibility index (Phi) is 7.92. The molecule has 11 heteroatoms. The number of ether oxygens (including phenoxy) is 1. The molecule has 0 N–H and O–H groups in total. The minimum atomic E-state index is -10.7. The molecule has 0 unspecified atom stereocenters. The minimum absolute atomic E-state index is 0.388. The standard InChI is InChI=1S/C21H17ClO2S.F6P/c22-19-13-17(15-25-14-16-7-3-1-4-8-16)11-12-20(19)24-21(23)18-9-5-2-6-10-18;1-7(2,3,4,5)6/h1-13H,14-15H2;/q;-1/p+1. The molecule has 0 heterocycles. The van der Waals surface area contributed by atoms with Crippen molar-refractivity contribution in [1.29, 1.82) is 0 Å². The van der Waals surface area contributed by atoms with Gasteiger partial charge in [-0.25, -0.2) is 4.79 Å². The number of halogens is 7. The van der Waals surface area contributed by atoms with Crippen LogP contribution in [0.2, 0.25) is 5.02 Å². The van der Waals surface area contributed by atoms with Gasteiger partial charge in [-0.1, -0.05) is 66.2 Å². The van der Waals surface area contributed by atoms with Gasteiger partial charge < -0.3 is 4.74 Å². The van der Waals surface area contributed by atoms with Gasteiger partial charge in [0.15, 0.2) is 0 Å². The van der Waals surface area contributed by atoms with Crippen molar-refractivity contribution in [3.63, 3.8) is 0 Å². The molecule has 0 saturated heterocycles. The number of esters is 1. The molecule has 0 aromatic heterocycles. The normalized spacial score (nSPS) is 13.2. The maximum atomic E-state index is 12.1. The van der Waals surface area contributed by atoms with Crippen LogP contribution < -0.4 is 4.74 Å². The Bertz CT molecular complexity index is 1040. The third kappa shape index (κ3) is 12.0. The van der Waals surface area contributed by atoms with Crippen molar-refractivity contribution in [1.82, 2.24) is 0 Å². The van der Waals surface area contributed by atoms with Gasteiger partial charge in [-0.05, 0) is 36.0 Å². The molecule has 32 heavy (non-hydrogen) atoms. The van der Waals surface area contributed by atoms with Crippen molar-refractivity contribution in [2.45, 2.75) is 11.5 Å². The van der Waals surface area contributed by atoms with E-state index in [9.17, 15) is 30.0 Å². The van der Waals surface area contributed by atoms with Gasteiger partial charge in [0.05, 0.1) is 10.6 Å². The Morgan fingerprint density at radius 1 is 0.781 bits per heavy atom. The van der Waals surface area contributed by atoms with Crippen molar-refractivity contribution in [3.8, 4) is 5.75 Å². The molecule has 3 rings (SSSR count). The molecule has 0 radical (unpaired) electrons. The third-order valence-electron chi connectivity index (χ3n) is 3.64. The van der Waals surface area contributed by atoms with Gasteiger partial charge in [-0.15, -0.1) is 0 Å². The molecule has 0 aliphatic heterocycles. The van der Waals surface area contributed by atoms with E-state index in [1.54, 1.807) is 30.3 Å². The Morgan fingerprint density at radius 3 is 1.81 bits per heavy atom. The first-order valence-corrected chi connectivity index (χ1v) is 12.6. The van der Waals surface area contributed by atoms with Crippen molar-refractivity contribution >= 4 is 37.1 Å². The van der Waals surface area contributed by atoms with E-state index < -0.39 is 13.8 Å². The molecule has 3 aromatic carbocycles. The number of rotatable bonds is 6. The summed E-state index contributed by atoms with van der Waals surface area (Å²) in [6.45, 7) is 0. The molecule has 0 fully saturated rings. The van der Waals surface area contributed by atoms with Gasteiger partial charge in [-0.3, -0.25) is 0 Å². The molecule has 0 aliphatic carbocycles. The summed E-state index contributed by atoms with van der Waals surface area (Å²) in [6.07, 6.45) is 0. The van der Waals surface area contributed by atoms with Crippen LogP contribution in [0.15, 0.2) is 78.9 Å². The zero-order valence-electron chi connectivity index (χ0n) is 16.3. The molecule has 0 spiro atoms. The summed E-state index contributed by atoms with van der Waals surface area (Å²) in [4.78, 5) is 12.1. The van der Waals surface area contributed by atoms with Crippen LogP contribution in [0.25, 0.3) is 0 Å². The number of hydrogen-bond donors (Lipinski definition) is 0. The summed E-state index contributed by atoms with van der Waals surface area (Å²) in [6, 6.07) is 24.9. The van der Waals surface area contributed by atoms with Crippen molar-refractivity contribution < 1.29 is 34.7 Å². The van der Waals surface area contributed by atoms with Crippen molar-refractivity contribution in [2.75, 3.05) is 0 Å². The van der Waals surface area contributed by atoms with E-state index in [-0.39, 0.29) is 0 Å². The zero-order chi connectivity index (χ0) is 23.9. The van der Waals surface area contributed by atoms with Gasteiger partial charge >= 0.3 is 39.0 Å². The van der Waals surface area contributed by atoms with Gasteiger partial charge in [0.2, 0.25) is 0 Å². The SMILES string of the molecule is F[P-](F)(F)(F)(F)F.O=C(Oc1ccc(C[SH+]Cc2ccccc2)cc1Cl)c1ccccc1. The largest absolute Gasteiger partial charge is 0.421 e. The summed E-state index contributed by atoms with van der Waals surface area (Å²) in [5.41, 5.74) is 2.95. The topological polar surface area (TPSA) is 26.3 Å². The van der Waals surface area contributed by atoms with Crippen molar-refractivity contribution in [2.24, 2.45) is 0 Å². The average Bonchev–Trinajstić information content (AvgIpc) is 2.69. The van der Waals surface area contributed by atoms with E-state index in [2.05, 4.69) is 24.3 Å². The fraction of sp³-hybridized carbons (Fsp3) is 0.0952. The number of carbonyl (C=O) groups is 1. The molecule has 2 nitrogen and oxygen atoms in total. The third-order valence-corrected chi connectivity index (χ3v) is 5.11. The zero-order valence-corrected chi connectivity index (χ0v) is 18.8. The first-order valence-electron chi connectivity index (χ1n) is 8.96. The summed E-state index contributed by atoms with van der Waals surface area (Å²) in [5, 5.41) is 0.455. The van der Waals surface area contributed by atoms with E-state index in [4.69, 9.17) is 16.3 Å². The fourth-order valence-electron chi connectivity index (χ4n) is 2.36. The number of benzene rings is 3. The summed E-state index contributed by atoms with van der Waals surface area (Å²) in [7, 11) is -10.7. The van der Waals surface area contributed by atoms with E-state index in [0.29, 0.717) is 16.3 Å². The fourth-order valence-corrected chi connectivity index (χ4v) is 3.63. The quantitative estimate of drug-likeness (QED) is 0.0823. The smallest absolute Gasteiger partial charge is 0.343 e. The first-order chi connectivity index (χ1) is 14.7. The summed E-state index contributed by atoms with van der Waals surface area (Å²) < 4.78 is 64.6. The predicted octanol–water partition coefficient (Wildman–Crippen LogP) is 8.46. The molecule has 0 atom stereocenters. The van der Waals surface area contributed by atoms with Crippen LogP contribution in [-0.4, -0.2) is 5.97 Å². The molecule has 0 aliphatic rings. The van der Waals surface area contributed by atoms with E-state index in [0.717, 1.165) is 17.1 Å². The Morgan fingerprint density at radius 2 is 1.28 bits per heavy atom. The maximum Gasteiger partial charge on any atom is 0.343 e. The van der Waals surface area contributed by atoms with Crippen LogP contribution in [-0.2, 0) is 23.3 Å². The molecule has 0 bridgehead atoms. The predicted molar refractivity (Wildman–Crippen MR) is 119 cm³/mol. The molecule has 174 valence electrons. The molecular formula is C21H18ClF6O2PS. The van der Waals surface area contributed by atoms with Crippen molar-refractivity contribution in [3.05, 3.63) is 101 Å². The number of thiol groups is 1. The van der Waals surface area contributed by atoms with Crippen LogP contribution in [0.4, 0.5) is 25.2 Å². The monoisotopic (exact) mass is 514 g/mol. The van der Waals surface area contributed by atoms with Crippen LogP contribution in [0.3, 0.4) is 0 Å². The van der Waals surface area contributed by atoms with Gasteiger partial charge in [0.25, 0.3) is 0 Å². The first kappa shape index (κ1) is 26.0. The average molecular weight is 515 g/mol. The van der Waals surface area contributed by atoms with Gasteiger partial charge in [0, 0.05) is 11.1 Å². The summed E-state index contributed by atoms with van der Waals surface area (Å²) >= 11 is 7.58. The number of hydrogen-bond acceptors (Lipinski definition) is 2. The minimum Gasteiger partial charge on any atom is -0.421 e. The second-order valence-electron chi connectivity index (χ2n) is 6.50. The Labute approximate surface area is 189 Å². The molecule has 0 amide bonds. The van der Waals surface area contributed by atoms with E-state index in [1.807, 2.05) is 24.3 Å². The summed E-state index contributed by atoms with van der Waals surface area (Å²) in [5.74, 6) is 1.89. The van der Waals surface area contributed by atoms with Crippen LogP contribution in [0.1, 0.15) is 21.5 Å². The van der Waals surface area contributed by atoms with E-state index >= 15 is 0 Å². The van der Waals surface area contributed by atoms with Gasteiger partial charge in [-0.2, -0.15) is 0 Å². The van der Waals surface area contributed by atoms with Crippen LogP contribution in [0, 0.1) is 0 Å². The Balaban J connectivity index is 0.000000451. The van der Waals surface area contributed by atoms with E-state index in [1.165, 1.54) is 17.3 Å². The Hall–Kier alpha value is -2.22. The van der Waals surface area contributed by atoms with Crippen LogP contribution in [0.5, 0.6) is 5.75 Å². The van der Waals surface area contributed by atoms with Gasteiger partial charge in [0.1, 0.15) is 17.3 Å². The second-order valence-corrected chi connectivity index (χ2v) is 9.91. The van der Waals surface area contributed by atoms with Crippen LogP contribution >= 0.6 is 19.4 Å². The molecule has 0 saturated carbocycles. The molecule has 3 aromatic rings. The maximum absolute atomic E-state index is 12.1. The second kappa shape index (κ2) is 9.73. The molecular weight excluding hydrogens is 497 g/mol. The number of carbonyl (C=O) groups excluding carboxylic acids is 1.